The van der Waals surface area contributed by atoms with Gasteiger partial charge in [0, 0.05) is 56.1 Å². The molecule has 0 atom stereocenters. The molecule has 2 amide bonds. The summed E-state index contributed by atoms with van der Waals surface area (Å²) in [5, 5.41) is 24.5. The largest absolute Gasteiger partial charge is 0.506 e. The molecule has 187 valence electrons. The minimum absolute atomic E-state index is 0. The number of amides is 2. The van der Waals surface area contributed by atoms with E-state index in [2.05, 4.69) is 20.6 Å². The van der Waals surface area contributed by atoms with Gasteiger partial charge in [-0.25, -0.2) is 9.59 Å². The van der Waals surface area contributed by atoms with Crippen molar-refractivity contribution in [2.45, 2.75) is 40.8 Å². The van der Waals surface area contributed by atoms with Crippen LogP contribution >= 0.6 is 0 Å². The number of rotatable bonds is 4. The predicted octanol–water partition coefficient (Wildman–Crippen LogP) is 2.02. The van der Waals surface area contributed by atoms with Crippen LogP contribution in [0.25, 0.3) is 22.1 Å². The number of hydrogen-bond acceptors (Lipinski definition) is 6. The van der Waals surface area contributed by atoms with Crippen LogP contribution in [-0.2, 0) is 39.7 Å². The smallest absolute Gasteiger partial charge is 0.326 e. The van der Waals surface area contributed by atoms with Crippen molar-refractivity contribution in [3.05, 3.63) is 45.2 Å². The molecule has 0 saturated carbocycles. The van der Waals surface area contributed by atoms with Crippen LogP contribution in [0, 0.1) is 0 Å². The van der Waals surface area contributed by atoms with Crippen molar-refractivity contribution in [1.29, 1.82) is 0 Å². The Morgan fingerprint density at radius 3 is 1.40 bits per heavy atom. The summed E-state index contributed by atoms with van der Waals surface area (Å²) < 4.78 is 3.01. The Morgan fingerprint density at radius 2 is 1.11 bits per heavy atom. The summed E-state index contributed by atoms with van der Waals surface area (Å²) in [6.07, 6.45) is 0. The minimum Gasteiger partial charge on any atom is -0.506 e. The van der Waals surface area contributed by atoms with Gasteiger partial charge in [-0.3, -0.25) is 18.7 Å². The number of aromatic amines is 2. The van der Waals surface area contributed by atoms with E-state index in [9.17, 15) is 29.4 Å². The Bertz CT molecular complexity index is 1400. The van der Waals surface area contributed by atoms with Gasteiger partial charge in [0.2, 0.25) is 11.8 Å². The summed E-state index contributed by atoms with van der Waals surface area (Å²) in [5.74, 6) is -0.684. The summed E-state index contributed by atoms with van der Waals surface area (Å²) in [6.45, 7) is 7.41. The Balaban J connectivity index is 0.000000240. The number of imidazole rings is 2. The number of fused-ring (bicyclic) bond motifs is 2. The van der Waals surface area contributed by atoms with Gasteiger partial charge in [0.1, 0.15) is 11.5 Å². The van der Waals surface area contributed by atoms with Gasteiger partial charge in [-0.2, -0.15) is 0 Å². The summed E-state index contributed by atoms with van der Waals surface area (Å²) in [6, 6.07) is 6.00. The number of H-pyrrole nitrogens is 2. The Labute approximate surface area is 209 Å². The van der Waals surface area contributed by atoms with E-state index in [1.54, 1.807) is 12.1 Å². The van der Waals surface area contributed by atoms with E-state index in [0.717, 1.165) is 0 Å². The first-order valence-corrected chi connectivity index (χ1v) is 10.5. The number of carbonyl (C=O) groups excluding carboxylic acids is 2. The number of anilines is 2. The number of nitrogens with zero attached hydrogens (tertiary/aromatic N) is 2. The van der Waals surface area contributed by atoms with Crippen LogP contribution in [0.4, 0.5) is 11.4 Å². The molecule has 0 saturated heterocycles. The van der Waals surface area contributed by atoms with Gasteiger partial charge in [-0.15, -0.1) is 0 Å². The third-order valence-corrected chi connectivity index (χ3v) is 5.04. The van der Waals surface area contributed by atoms with Crippen molar-refractivity contribution >= 4 is 45.3 Å². The number of aromatic nitrogens is 4. The first-order valence-electron chi connectivity index (χ1n) is 10.5. The van der Waals surface area contributed by atoms with Gasteiger partial charge in [0.05, 0.1) is 33.4 Å². The van der Waals surface area contributed by atoms with Crippen LogP contribution in [0.1, 0.15) is 27.7 Å². The zero-order valence-corrected chi connectivity index (χ0v) is 20.7. The molecular formula is C22H26MnN6O6. The predicted molar refractivity (Wildman–Crippen MR) is 128 cm³/mol. The van der Waals surface area contributed by atoms with Gasteiger partial charge in [-0.1, -0.05) is 0 Å². The number of hydrogen-bond donors (Lipinski definition) is 6. The Kier molecular flexibility index (Phi) is 8.56. The minimum atomic E-state index is -0.281. The van der Waals surface area contributed by atoms with Crippen LogP contribution in [0.15, 0.2) is 33.9 Å². The summed E-state index contributed by atoms with van der Waals surface area (Å²) in [7, 11) is 0. The molecule has 0 aliphatic heterocycles. The average molecular weight is 525 g/mol. The van der Waals surface area contributed by atoms with Gasteiger partial charge in [0.25, 0.3) is 0 Å². The number of carbonyl (C=O) groups is 2. The second-order valence-electron chi connectivity index (χ2n) is 7.48. The molecule has 6 N–H and O–H groups in total. The zero-order chi connectivity index (χ0) is 25.2. The van der Waals surface area contributed by atoms with Gasteiger partial charge >= 0.3 is 11.4 Å². The van der Waals surface area contributed by atoms with E-state index in [4.69, 9.17) is 0 Å². The van der Waals surface area contributed by atoms with Crippen molar-refractivity contribution < 1.29 is 36.9 Å². The van der Waals surface area contributed by atoms with Crippen LogP contribution < -0.4 is 22.0 Å². The molecule has 1 radical (unpaired) electrons. The first-order chi connectivity index (χ1) is 16.0. The number of aromatic hydroxyl groups is 2. The van der Waals surface area contributed by atoms with Gasteiger partial charge in [0.15, 0.2) is 0 Å². The Hall–Kier alpha value is -3.96. The van der Waals surface area contributed by atoms with E-state index >= 15 is 0 Å². The molecule has 35 heavy (non-hydrogen) atoms. The monoisotopic (exact) mass is 525 g/mol. The molecule has 12 nitrogen and oxygen atoms in total. The van der Waals surface area contributed by atoms with E-state index in [-0.39, 0.29) is 63.1 Å². The van der Waals surface area contributed by atoms with Crippen molar-refractivity contribution in [2.24, 2.45) is 0 Å². The SMILES string of the molecule is CCn1c(=O)[nH]c2cc(NC(C)=O)c(O)cc21.CCn1c(=O)[nH]c2cc(NC(C)=O)c(O)cc21.[Mn]. The number of phenols is 2. The maximum absolute atomic E-state index is 11.6. The number of nitrogens with one attached hydrogen (secondary N) is 4. The van der Waals surface area contributed by atoms with Crippen LogP contribution in [0.3, 0.4) is 0 Å². The molecule has 0 unspecified atom stereocenters. The molecular weight excluding hydrogens is 499 g/mol. The third-order valence-electron chi connectivity index (χ3n) is 5.04. The molecule has 0 aliphatic carbocycles. The fourth-order valence-corrected chi connectivity index (χ4v) is 3.59. The Morgan fingerprint density at radius 1 is 0.771 bits per heavy atom. The molecule has 0 spiro atoms. The second-order valence-corrected chi connectivity index (χ2v) is 7.48. The molecule has 13 heteroatoms. The van der Waals surface area contributed by atoms with Crippen LogP contribution in [-0.4, -0.2) is 41.1 Å². The quantitative estimate of drug-likeness (QED) is 0.176. The summed E-state index contributed by atoms with van der Waals surface area (Å²) in [5.41, 5.74) is 2.50. The van der Waals surface area contributed by atoms with Crippen molar-refractivity contribution in [3.8, 4) is 11.5 Å². The van der Waals surface area contributed by atoms with Gasteiger partial charge < -0.3 is 30.8 Å². The fraction of sp³-hybridized carbons (Fsp3) is 0.273. The number of benzene rings is 2. The molecule has 2 aromatic carbocycles. The molecule has 0 fully saturated rings. The van der Waals surface area contributed by atoms with Crippen molar-refractivity contribution in [1.82, 2.24) is 19.1 Å². The normalized spacial score (nSPS) is 10.4. The first kappa shape index (κ1) is 27.3. The summed E-state index contributed by atoms with van der Waals surface area (Å²) in [4.78, 5) is 50.3. The number of phenolic OH excluding ortho intramolecular Hbond substituents is 2. The number of aryl methyl sites for hydroxylation is 2. The van der Waals surface area contributed by atoms with E-state index < -0.39 is 0 Å². The third kappa shape index (κ3) is 5.76. The summed E-state index contributed by atoms with van der Waals surface area (Å²) >= 11 is 0. The van der Waals surface area contributed by atoms with Crippen molar-refractivity contribution in [3.63, 3.8) is 0 Å². The van der Waals surface area contributed by atoms with Crippen LogP contribution in [0.5, 0.6) is 11.5 Å². The van der Waals surface area contributed by atoms with E-state index in [1.807, 2.05) is 13.8 Å². The van der Waals surface area contributed by atoms with E-state index in [1.165, 1.54) is 35.1 Å². The molecule has 0 bridgehead atoms. The maximum Gasteiger partial charge on any atom is 0.326 e. The average Bonchev–Trinajstić information content (AvgIpc) is 3.22. The van der Waals surface area contributed by atoms with Crippen LogP contribution in [0.2, 0.25) is 0 Å². The molecule has 0 aliphatic rings. The molecule has 4 rings (SSSR count). The standard InChI is InChI=1S/2C11H13N3O3.Mn/c2*1-3-14-9-5-10(16)8(12-6(2)15)4-7(9)13-11(14)17;/h2*4-5,16H,3H2,1-2H3,(H,12,15)(H,13,17);. The zero-order valence-electron chi connectivity index (χ0n) is 19.5. The topological polar surface area (TPSA) is 174 Å². The fourth-order valence-electron chi connectivity index (χ4n) is 3.59. The maximum atomic E-state index is 11.6. The molecule has 2 heterocycles. The van der Waals surface area contributed by atoms with E-state index in [0.29, 0.717) is 35.2 Å². The molecule has 4 aromatic rings. The molecule has 2 aromatic heterocycles. The van der Waals surface area contributed by atoms with Crippen molar-refractivity contribution in [2.75, 3.05) is 10.6 Å². The van der Waals surface area contributed by atoms with Gasteiger partial charge in [-0.05, 0) is 26.0 Å². The second kappa shape index (κ2) is 11.0.